The van der Waals surface area contributed by atoms with E-state index in [-0.39, 0.29) is 10.9 Å². The van der Waals surface area contributed by atoms with Crippen molar-refractivity contribution in [2.24, 2.45) is 0 Å². The summed E-state index contributed by atoms with van der Waals surface area (Å²) in [5, 5.41) is 0.138. The Morgan fingerprint density at radius 1 is 1.03 bits per heavy atom. The number of hydrogen-bond donors (Lipinski definition) is 0. The van der Waals surface area contributed by atoms with E-state index in [9.17, 15) is 9.18 Å². The lowest BCUT2D eigenvalue weighted by molar-refractivity contribution is 0.0746. The maximum absolute atomic E-state index is 13.3. The van der Waals surface area contributed by atoms with Gasteiger partial charge in [0.05, 0.1) is 23.8 Å². The van der Waals surface area contributed by atoms with E-state index in [1.54, 1.807) is 4.90 Å². The Balaban J connectivity index is 1.44. The van der Waals surface area contributed by atoms with Crippen molar-refractivity contribution in [3.8, 4) is 0 Å². The van der Waals surface area contributed by atoms with Gasteiger partial charge in [0.2, 0.25) is 5.95 Å². The zero-order valence-corrected chi connectivity index (χ0v) is 17.0. The van der Waals surface area contributed by atoms with Crippen LogP contribution < -0.4 is 9.80 Å². The van der Waals surface area contributed by atoms with Crippen LogP contribution in [0.25, 0.3) is 0 Å². The number of aromatic nitrogens is 2. The molecule has 0 aliphatic carbocycles. The fraction of sp³-hybridized carbons (Fsp3) is 0.450. The van der Waals surface area contributed by atoms with Crippen LogP contribution in [0.1, 0.15) is 16.1 Å². The van der Waals surface area contributed by atoms with Crippen LogP contribution in [0, 0.1) is 12.7 Å². The van der Waals surface area contributed by atoms with Crippen LogP contribution >= 0.6 is 11.6 Å². The van der Waals surface area contributed by atoms with Crippen LogP contribution in [0.5, 0.6) is 0 Å². The van der Waals surface area contributed by atoms with E-state index in [4.69, 9.17) is 21.3 Å². The van der Waals surface area contributed by atoms with Crippen molar-refractivity contribution in [3.63, 3.8) is 0 Å². The predicted molar refractivity (Wildman–Crippen MR) is 109 cm³/mol. The highest BCUT2D eigenvalue weighted by Crippen LogP contribution is 2.22. The number of carbonyl (C=O) groups excluding carboxylic acids is 1. The van der Waals surface area contributed by atoms with Gasteiger partial charge in [-0.15, -0.1) is 0 Å². The fourth-order valence-corrected chi connectivity index (χ4v) is 3.82. The lowest BCUT2D eigenvalue weighted by Crippen LogP contribution is -2.49. The number of morpholine rings is 1. The number of benzene rings is 1. The topological polar surface area (TPSA) is 61.8 Å². The van der Waals surface area contributed by atoms with Crippen molar-refractivity contribution in [3.05, 3.63) is 46.4 Å². The van der Waals surface area contributed by atoms with Crippen molar-refractivity contribution in [1.82, 2.24) is 14.9 Å². The first kappa shape index (κ1) is 19.8. The molecule has 2 aliphatic heterocycles. The summed E-state index contributed by atoms with van der Waals surface area (Å²) in [5.74, 6) is 0.958. The minimum Gasteiger partial charge on any atom is -0.378 e. The summed E-state index contributed by atoms with van der Waals surface area (Å²) in [6.07, 6.45) is 0. The number of rotatable bonds is 3. The van der Waals surface area contributed by atoms with Crippen LogP contribution in [0.3, 0.4) is 0 Å². The Morgan fingerprint density at radius 3 is 2.45 bits per heavy atom. The maximum atomic E-state index is 13.3. The second-order valence-corrected chi connectivity index (χ2v) is 7.58. The summed E-state index contributed by atoms with van der Waals surface area (Å²) in [5.41, 5.74) is 1.24. The van der Waals surface area contributed by atoms with E-state index in [1.165, 1.54) is 18.2 Å². The van der Waals surface area contributed by atoms with Gasteiger partial charge in [-0.05, 0) is 25.1 Å². The largest absolute Gasteiger partial charge is 0.378 e. The number of piperazine rings is 1. The molecule has 0 saturated carbocycles. The molecule has 4 rings (SSSR count). The second-order valence-electron chi connectivity index (χ2n) is 7.17. The Bertz CT molecular complexity index is 898. The summed E-state index contributed by atoms with van der Waals surface area (Å²) in [6, 6.07) is 5.83. The van der Waals surface area contributed by atoms with Gasteiger partial charge < -0.3 is 19.4 Å². The van der Waals surface area contributed by atoms with Gasteiger partial charge in [0.1, 0.15) is 11.6 Å². The van der Waals surface area contributed by atoms with Crippen molar-refractivity contribution in [2.45, 2.75) is 6.92 Å². The molecule has 2 fully saturated rings. The molecular weight excluding hydrogens is 397 g/mol. The minimum absolute atomic E-state index is 0.138. The molecule has 2 aromatic rings. The van der Waals surface area contributed by atoms with Crippen LogP contribution in [-0.4, -0.2) is 73.3 Å². The lowest BCUT2D eigenvalue weighted by atomic mass is 10.1. The second kappa shape index (κ2) is 8.51. The number of aryl methyl sites for hydroxylation is 1. The van der Waals surface area contributed by atoms with E-state index in [2.05, 4.69) is 14.8 Å². The van der Waals surface area contributed by atoms with Crippen LogP contribution in [0.4, 0.5) is 16.2 Å². The molecular formula is C20H23ClFN5O2. The molecule has 0 bridgehead atoms. The van der Waals surface area contributed by atoms with Crippen LogP contribution in [0.2, 0.25) is 5.02 Å². The molecule has 7 nitrogen and oxygen atoms in total. The summed E-state index contributed by atoms with van der Waals surface area (Å²) in [4.78, 5) is 28.1. The van der Waals surface area contributed by atoms with Crippen LogP contribution in [0.15, 0.2) is 24.3 Å². The fourth-order valence-electron chi connectivity index (χ4n) is 3.58. The standard InChI is InChI=1S/C20H23ClFN5O2/c1-14-12-18(24-20(23-14)27-8-10-29-11-9-27)25-4-6-26(7-5-25)19(28)16-3-2-15(22)13-17(16)21/h2-3,12-13H,4-11H2,1H3. The molecule has 2 aliphatic rings. The molecule has 29 heavy (non-hydrogen) atoms. The average Bonchev–Trinajstić information content (AvgIpc) is 2.74. The van der Waals surface area contributed by atoms with Crippen LogP contribution in [-0.2, 0) is 4.74 Å². The first-order chi connectivity index (χ1) is 14.0. The molecule has 3 heterocycles. The van der Waals surface area contributed by atoms with Gasteiger partial charge in [0, 0.05) is 51.0 Å². The van der Waals surface area contributed by atoms with E-state index >= 15 is 0 Å². The molecule has 0 unspecified atom stereocenters. The first-order valence-corrected chi connectivity index (χ1v) is 10.1. The third-order valence-electron chi connectivity index (χ3n) is 5.18. The number of carbonyl (C=O) groups is 1. The Labute approximate surface area is 174 Å². The van der Waals surface area contributed by atoms with Gasteiger partial charge >= 0.3 is 0 Å². The summed E-state index contributed by atoms with van der Waals surface area (Å²) < 4.78 is 18.7. The van der Waals surface area contributed by atoms with Gasteiger partial charge in [0.25, 0.3) is 5.91 Å². The lowest BCUT2D eigenvalue weighted by Gasteiger charge is -2.36. The average molecular weight is 420 g/mol. The number of amides is 1. The van der Waals surface area contributed by atoms with E-state index in [0.717, 1.165) is 30.5 Å². The van der Waals surface area contributed by atoms with E-state index < -0.39 is 5.82 Å². The highest BCUT2D eigenvalue weighted by atomic mass is 35.5. The summed E-state index contributed by atoms with van der Waals surface area (Å²) in [6.45, 7) is 7.29. The maximum Gasteiger partial charge on any atom is 0.255 e. The van der Waals surface area contributed by atoms with E-state index in [1.807, 2.05) is 13.0 Å². The quantitative estimate of drug-likeness (QED) is 0.761. The third-order valence-corrected chi connectivity index (χ3v) is 5.49. The van der Waals surface area contributed by atoms with Gasteiger partial charge in [-0.1, -0.05) is 11.6 Å². The molecule has 0 atom stereocenters. The molecule has 1 aromatic heterocycles. The Hall–Kier alpha value is -2.45. The smallest absolute Gasteiger partial charge is 0.255 e. The SMILES string of the molecule is Cc1cc(N2CCN(C(=O)c3ccc(F)cc3Cl)CC2)nc(N2CCOCC2)n1. The van der Waals surface area contributed by atoms with Gasteiger partial charge in [0.15, 0.2) is 0 Å². The summed E-state index contributed by atoms with van der Waals surface area (Å²) >= 11 is 6.05. The molecule has 0 radical (unpaired) electrons. The highest BCUT2D eigenvalue weighted by molar-refractivity contribution is 6.33. The minimum atomic E-state index is -0.452. The zero-order chi connectivity index (χ0) is 20.4. The number of anilines is 2. The van der Waals surface area contributed by atoms with Crippen molar-refractivity contribution < 1.29 is 13.9 Å². The number of ether oxygens (including phenoxy) is 1. The third kappa shape index (κ3) is 4.43. The monoisotopic (exact) mass is 419 g/mol. The number of hydrogen-bond acceptors (Lipinski definition) is 6. The summed E-state index contributed by atoms with van der Waals surface area (Å²) in [7, 11) is 0. The molecule has 0 spiro atoms. The Kier molecular flexibility index (Phi) is 5.82. The molecule has 1 amide bonds. The zero-order valence-electron chi connectivity index (χ0n) is 16.3. The highest BCUT2D eigenvalue weighted by Gasteiger charge is 2.25. The molecule has 9 heteroatoms. The molecule has 1 aromatic carbocycles. The van der Waals surface area contributed by atoms with Gasteiger partial charge in [-0.2, -0.15) is 4.98 Å². The van der Waals surface area contributed by atoms with Crippen molar-refractivity contribution in [2.75, 3.05) is 62.3 Å². The number of nitrogens with zero attached hydrogens (tertiary/aromatic N) is 5. The van der Waals surface area contributed by atoms with Crippen molar-refractivity contribution in [1.29, 1.82) is 0 Å². The van der Waals surface area contributed by atoms with E-state index in [0.29, 0.717) is 45.0 Å². The van der Waals surface area contributed by atoms with Crippen molar-refractivity contribution >= 4 is 29.3 Å². The first-order valence-electron chi connectivity index (χ1n) is 9.69. The number of halogens is 2. The molecule has 0 N–H and O–H groups in total. The van der Waals surface area contributed by atoms with Gasteiger partial charge in [-0.25, -0.2) is 9.37 Å². The Morgan fingerprint density at radius 2 is 1.76 bits per heavy atom. The molecule has 2 saturated heterocycles. The predicted octanol–water partition coefficient (Wildman–Crippen LogP) is 2.38. The van der Waals surface area contributed by atoms with Gasteiger partial charge in [-0.3, -0.25) is 4.79 Å². The molecule has 154 valence electrons. The normalized spacial score (nSPS) is 17.6.